The van der Waals surface area contributed by atoms with Crippen LogP contribution >= 0.6 is 23.2 Å². The Morgan fingerprint density at radius 3 is 2.33 bits per heavy atom. The van der Waals surface area contributed by atoms with Crippen molar-refractivity contribution >= 4 is 23.2 Å². The molecule has 0 unspecified atom stereocenters. The molecule has 1 N–H and O–H groups in total. The molecule has 0 heterocycles. The highest BCUT2D eigenvalue weighted by Crippen LogP contribution is 2.33. The first-order chi connectivity index (χ1) is 6.86. The molecule has 0 saturated carbocycles. The zero-order chi connectivity index (χ0) is 11.6. The van der Waals surface area contributed by atoms with Crippen LogP contribution in [0.5, 0.6) is 0 Å². The molecule has 0 saturated heterocycles. The highest BCUT2D eigenvalue weighted by atomic mass is 35.5. The molecule has 0 radical (unpaired) electrons. The van der Waals surface area contributed by atoms with Crippen LogP contribution < -0.4 is 0 Å². The summed E-state index contributed by atoms with van der Waals surface area (Å²) in [6.07, 6.45) is -5.49. The molecule has 0 aromatic heterocycles. The van der Waals surface area contributed by atoms with Gasteiger partial charge in [0.1, 0.15) is 0 Å². The number of halogens is 5. The van der Waals surface area contributed by atoms with E-state index in [2.05, 4.69) is 0 Å². The van der Waals surface area contributed by atoms with Crippen LogP contribution in [0.2, 0.25) is 5.02 Å². The summed E-state index contributed by atoms with van der Waals surface area (Å²) in [5, 5.41) is 9.17. The van der Waals surface area contributed by atoms with Crippen LogP contribution in [0, 0.1) is 0 Å². The average molecular weight is 259 g/mol. The van der Waals surface area contributed by atoms with Crippen LogP contribution in [0.15, 0.2) is 18.2 Å². The van der Waals surface area contributed by atoms with E-state index in [-0.39, 0.29) is 16.5 Å². The highest BCUT2D eigenvalue weighted by molar-refractivity contribution is 6.31. The zero-order valence-electron chi connectivity index (χ0n) is 7.35. The normalized spacial score (nSPS) is 14.0. The molecule has 1 aromatic rings. The lowest BCUT2D eigenvalue weighted by molar-refractivity contribution is -0.137. The van der Waals surface area contributed by atoms with Crippen LogP contribution in [-0.2, 0) is 6.18 Å². The lowest BCUT2D eigenvalue weighted by atomic mass is 10.1. The summed E-state index contributed by atoms with van der Waals surface area (Å²) in [6.45, 7) is 0. The summed E-state index contributed by atoms with van der Waals surface area (Å²) in [7, 11) is 0. The Kier molecular flexibility index (Phi) is 3.87. The van der Waals surface area contributed by atoms with E-state index in [1.807, 2.05) is 0 Å². The predicted octanol–water partition coefficient (Wildman–Crippen LogP) is 3.63. The fourth-order valence-electron chi connectivity index (χ4n) is 1.06. The molecule has 0 amide bonds. The fourth-order valence-corrected chi connectivity index (χ4v) is 1.53. The van der Waals surface area contributed by atoms with Crippen LogP contribution in [0.1, 0.15) is 17.2 Å². The van der Waals surface area contributed by atoms with Gasteiger partial charge in [-0.3, -0.25) is 0 Å². The van der Waals surface area contributed by atoms with Gasteiger partial charge in [-0.25, -0.2) is 0 Å². The van der Waals surface area contributed by atoms with Crippen molar-refractivity contribution < 1.29 is 18.3 Å². The summed E-state index contributed by atoms with van der Waals surface area (Å²) >= 11 is 10.9. The molecule has 0 aliphatic carbocycles. The Bertz CT molecular complexity index is 352. The monoisotopic (exact) mass is 258 g/mol. The van der Waals surface area contributed by atoms with E-state index in [0.717, 1.165) is 18.2 Å². The molecule has 0 fully saturated rings. The van der Waals surface area contributed by atoms with E-state index in [1.165, 1.54) is 0 Å². The Morgan fingerprint density at radius 2 is 1.93 bits per heavy atom. The van der Waals surface area contributed by atoms with Crippen molar-refractivity contribution in [3.8, 4) is 0 Å². The number of aliphatic hydroxyl groups excluding tert-OH is 1. The number of alkyl halides is 4. The number of aliphatic hydroxyl groups is 1. The third-order valence-corrected chi connectivity index (χ3v) is 2.45. The van der Waals surface area contributed by atoms with E-state index >= 15 is 0 Å². The van der Waals surface area contributed by atoms with Gasteiger partial charge in [0.05, 0.1) is 17.5 Å². The molecular formula is C9H7Cl2F3O. The minimum absolute atomic E-state index is 0.120. The average Bonchev–Trinajstić information content (AvgIpc) is 2.15. The smallest absolute Gasteiger partial charge is 0.387 e. The third-order valence-electron chi connectivity index (χ3n) is 1.83. The van der Waals surface area contributed by atoms with Gasteiger partial charge >= 0.3 is 6.18 Å². The van der Waals surface area contributed by atoms with Gasteiger partial charge in [-0.2, -0.15) is 13.2 Å². The van der Waals surface area contributed by atoms with Crippen molar-refractivity contribution in [2.75, 3.05) is 5.88 Å². The Morgan fingerprint density at radius 1 is 1.33 bits per heavy atom. The topological polar surface area (TPSA) is 20.2 Å². The van der Waals surface area contributed by atoms with Gasteiger partial charge in [-0.05, 0) is 12.1 Å². The summed E-state index contributed by atoms with van der Waals surface area (Å²) in [6, 6.07) is 2.75. The number of benzene rings is 1. The molecule has 1 aromatic carbocycles. The number of hydrogen-bond acceptors (Lipinski definition) is 1. The van der Waals surface area contributed by atoms with Crippen molar-refractivity contribution in [3.63, 3.8) is 0 Å². The van der Waals surface area contributed by atoms with Gasteiger partial charge in [-0.1, -0.05) is 17.7 Å². The maximum absolute atomic E-state index is 12.2. The maximum Gasteiger partial charge on any atom is 0.416 e. The van der Waals surface area contributed by atoms with Crippen molar-refractivity contribution in [3.05, 3.63) is 34.3 Å². The molecule has 1 nitrogen and oxygen atoms in total. The van der Waals surface area contributed by atoms with Crippen LogP contribution in [0.3, 0.4) is 0 Å². The Hall–Kier alpha value is -0.450. The van der Waals surface area contributed by atoms with Gasteiger partial charge in [-0.15, -0.1) is 11.6 Å². The van der Waals surface area contributed by atoms with Crippen LogP contribution in [0.4, 0.5) is 13.2 Å². The lowest BCUT2D eigenvalue weighted by Crippen LogP contribution is -2.06. The molecule has 0 spiro atoms. The van der Waals surface area contributed by atoms with E-state index in [9.17, 15) is 18.3 Å². The summed E-state index contributed by atoms with van der Waals surface area (Å²) < 4.78 is 36.7. The van der Waals surface area contributed by atoms with E-state index in [0.29, 0.717) is 0 Å². The number of hydrogen-bond donors (Lipinski definition) is 1. The zero-order valence-corrected chi connectivity index (χ0v) is 8.87. The Balaban J connectivity index is 3.09. The lowest BCUT2D eigenvalue weighted by Gasteiger charge is -2.12. The van der Waals surface area contributed by atoms with Crippen molar-refractivity contribution in [1.82, 2.24) is 0 Å². The quantitative estimate of drug-likeness (QED) is 0.804. The minimum Gasteiger partial charge on any atom is -0.387 e. The van der Waals surface area contributed by atoms with E-state index in [4.69, 9.17) is 23.2 Å². The van der Waals surface area contributed by atoms with Gasteiger partial charge in [0, 0.05) is 10.6 Å². The second kappa shape index (κ2) is 4.60. The summed E-state index contributed by atoms with van der Waals surface area (Å²) in [5.74, 6) is -0.120. The van der Waals surface area contributed by atoms with Gasteiger partial charge in [0.25, 0.3) is 0 Å². The van der Waals surface area contributed by atoms with Crippen LogP contribution in [-0.4, -0.2) is 11.0 Å². The van der Waals surface area contributed by atoms with E-state index in [1.54, 1.807) is 0 Å². The van der Waals surface area contributed by atoms with Crippen molar-refractivity contribution in [2.45, 2.75) is 12.3 Å². The third kappa shape index (κ3) is 3.00. The van der Waals surface area contributed by atoms with Gasteiger partial charge in [0.15, 0.2) is 0 Å². The molecule has 0 bridgehead atoms. The summed E-state index contributed by atoms with van der Waals surface area (Å²) in [4.78, 5) is 0. The first kappa shape index (κ1) is 12.6. The van der Waals surface area contributed by atoms with Gasteiger partial charge in [0.2, 0.25) is 0 Å². The maximum atomic E-state index is 12.2. The Labute approximate surface area is 94.4 Å². The second-order valence-electron chi connectivity index (χ2n) is 2.90. The molecule has 1 rings (SSSR count). The minimum atomic E-state index is -4.44. The van der Waals surface area contributed by atoms with Crippen LogP contribution in [0.25, 0.3) is 0 Å². The van der Waals surface area contributed by atoms with Crippen molar-refractivity contribution in [2.24, 2.45) is 0 Å². The largest absolute Gasteiger partial charge is 0.416 e. The first-order valence-electron chi connectivity index (χ1n) is 3.97. The fraction of sp³-hybridized carbons (Fsp3) is 0.333. The first-order valence-corrected chi connectivity index (χ1v) is 4.88. The van der Waals surface area contributed by atoms with Crippen molar-refractivity contribution in [1.29, 1.82) is 0 Å². The molecular weight excluding hydrogens is 252 g/mol. The molecule has 84 valence electrons. The van der Waals surface area contributed by atoms with E-state index < -0.39 is 17.8 Å². The number of rotatable bonds is 2. The highest BCUT2D eigenvalue weighted by Gasteiger charge is 2.31. The molecule has 0 aliphatic heterocycles. The standard InChI is InChI=1S/C9H7Cl2F3O/c10-4-8(15)6-2-1-5(3-7(6)11)9(12,13)14/h1-3,8,15H,4H2/t8-/m0/s1. The molecule has 15 heavy (non-hydrogen) atoms. The molecule has 6 heteroatoms. The predicted molar refractivity (Wildman–Crippen MR) is 52.1 cm³/mol. The van der Waals surface area contributed by atoms with Gasteiger partial charge < -0.3 is 5.11 Å². The SMILES string of the molecule is O[C@@H](CCl)c1ccc(C(F)(F)F)cc1Cl. The molecule has 1 atom stereocenters. The molecule has 0 aliphatic rings. The summed E-state index contributed by atoms with van der Waals surface area (Å²) in [5.41, 5.74) is -0.655. The second-order valence-corrected chi connectivity index (χ2v) is 3.62.